The zero-order chi connectivity index (χ0) is 21.2. The predicted molar refractivity (Wildman–Crippen MR) is 109 cm³/mol. The first-order valence-corrected chi connectivity index (χ1v) is 12.1. The molecular weight excluding hydrogens is 414 g/mol. The minimum atomic E-state index is -3.81. The number of nitrogens with two attached hydrogens (primary N) is 1. The van der Waals surface area contributed by atoms with E-state index in [1.807, 2.05) is 6.92 Å². The van der Waals surface area contributed by atoms with Crippen LogP contribution in [0.5, 0.6) is 0 Å². The summed E-state index contributed by atoms with van der Waals surface area (Å²) in [6.07, 6.45) is 1.15. The molecule has 3 N–H and O–H groups in total. The molecule has 1 saturated heterocycles. The summed E-state index contributed by atoms with van der Waals surface area (Å²) in [5, 5.41) is 7.77. The van der Waals surface area contributed by atoms with E-state index in [9.17, 15) is 21.6 Å². The van der Waals surface area contributed by atoms with Crippen molar-refractivity contribution in [2.75, 3.05) is 18.4 Å². The zero-order valence-electron chi connectivity index (χ0n) is 15.9. The van der Waals surface area contributed by atoms with E-state index in [0.717, 1.165) is 5.56 Å². The van der Waals surface area contributed by atoms with Crippen LogP contribution >= 0.6 is 0 Å². The molecule has 0 spiro atoms. The van der Waals surface area contributed by atoms with Crippen molar-refractivity contribution in [3.63, 3.8) is 0 Å². The van der Waals surface area contributed by atoms with E-state index in [1.54, 1.807) is 24.3 Å². The number of hydrogen-bond donors (Lipinski definition) is 2. The van der Waals surface area contributed by atoms with Gasteiger partial charge in [-0.15, -0.1) is 0 Å². The number of primary sulfonamides is 1. The summed E-state index contributed by atoms with van der Waals surface area (Å²) >= 11 is 0. The molecule has 0 aliphatic carbocycles. The Bertz CT molecular complexity index is 1100. The van der Waals surface area contributed by atoms with E-state index in [1.165, 1.54) is 28.6 Å². The first kappa shape index (κ1) is 21.4. The van der Waals surface area contributed by atoms with Crippen LogP contribution in [0.1, 0.15) is 18.4 Å². The summed E-state index contributed by atoms with van der Waals surface area (Å²) in [7, 11) is -7.47. The molecular formula is C19H23N3O5S2. The quantitative estimate of drug-likeness (QED) is 0.736. The second-order valence-corrected chi connectivity index (χ2v) is 10.6. The summed E-state index contributed by atoms with van der Waals surface area (Å²) in [6.45, 7) is 2.34. The normalized spacial score (nSPS) is 18.3. The average Bonchev–Trinajstić information content (AvgIpc) is 2.68. The third kappa shape index (κ3) is 5.02. The molecule has 1 heterocycles. The maximum atomic E-state index is 12.9. The van der Waals surface area contributed by atoms with Gasteiger partial charge in [-0.05, 0) is 56.2 Å². The molecule has 1 unspecified atom stereocenters. The highest BCUT2D eigenvalue weighted by Gasteiger charge is 2.33. The Balaban J connectivity index is 1.70. The fourth-order valence-corrected chi connectivity index (χ4v) is 5.25. The van der Waals surface area contributed by atoms with Crippen LogP contribution < -0.4 is 10.5 Å². The SMILES string of the molecule is Cc1ccc(S(=O)(=O)N2CCCC(C(=O)Nc3ccc(S(N)(=O)=O)cc3)C2)cc1. The van der Waals surface area contributed by atoms with Gasteiger partial charge in [0.25, 0.3) is 0 Å². The number of piperidine rings is 1. The summed E-state index contributed by atoms with van der Waals surface area (Å²) < 4.78 is 49.7. The lowest BCUT2D eigenvalue weighted by molar-refractivity contribution is -0.120. The fraction of sp³-hybridized carbons (Fsp3) is 0.316. The van der Waals surface area contributed by atoms with E-state index in [2.05, 4.69) is 5.32 Å². The van der Waals surface area contributed by atoms with Crippen molar-refractivity contribution in [3.8, 4) is 0 Å². The maximum absolute atomic E-state index is 12.9. The Morgan fingerprint density at radius 2 is 1.59 bits per heavy atom. The van der Waals surface area contributed by atoms with Gasteiger partial charge < -0.3 is 5.32 Å². The molecule has 1 fully saturated rings. The van der Waals surface area contributed by atoms with E-state index in [0.29, 0.717) is 25.1 Å². The van der Waals surface area contributed by atoms with Crippen molar-refractivity contribution in [1.29, 1.82) is 0 Å². The number of rotatable bonds is 5. The molecule has 3 rings (SSSR count). The van der Waals surface area contributed by atoms with Crippen LogP contribution in [0.25, 0.3) is 0 Å². The first-order valence-electron chi connectivity index (χ1n) is 9.08. The highest BCUT2D eigenvalue weighted by Crippen LogP contribution is 2.25. The van der Waals surface area contributed by atoms with Crippen molar-refractivity contribution in [1.82, 2.24) is 4.31 Å². The zero-order valence-corrected chi connectivity index (χ0v) is 17.5. The van der Waals surface area contributed by atoms with Crippen LogP contribution in [0.4, 0.5) is 5.69 Å². The number of sulfonamides is 2. The van der Waals surface area contributed by atoms with Gasteiger partial charge in [0.15, 0.2) is 0 Å². The largest absolute Gasteiger partial charge is 0.326 e. The Morgan fingerprint density at radius 1 is 1.00 bits per heavy atom. The molecule has 10 heteroatoms. The monoisotopic (exact) mass is 437 g/mol. The van der Waals surface area contributed by atoms with Crippen LogP contribution in [-0.4, -0.2) is 40.1 Å². The molecule has 0 saturated carbocycles. The number of carbonyl (C=O) groups excluding carboxylic acids is 1. The number of nitrogens with zero attached hydrogens (tertiary/aromatic N) is 1. The lowest BCUT2D eigenvalue weighted by Crippen LogP contribution is -2.43. The molecule has 2 aromatic rings. The minimum absolute atomic E-state index is 0.0523. The lowest BCUT2D eigenvalue weighted by atomic mass is 9.99. The first-order chi connectivity index (χ1) is 13.6. The molecule has 0 aromatic heterocycles. The standard InChI is InChI=1S/C19H23N3O5S2/c1-14-4-8-18(9-5-14)29(26,27)22-12-2-3-15(13-22)19(23)21-16-6-10-17(11-7-16)28(20,24)25/h4-11,15H,2-3,12-13H2,1H3,(H,21,23)(H2,20,24,25). The Labute approximate surface area is 170 Å². The molecule has 2 aromatic carbocycles. The number of hydrogen-bond acceptors (Lipinski definition) is 5. The molecule has 29 heavy (non-hydrogen) atoms. The molecule has 0 bridgehead atoms. The van der Waals surface area contributed by atoms with E-state index in [4.69, 9.17) is 5.14 Å². The number of anilines is 1. The Hall–Kier alpha value is -2.27. The van der Waals surface area contributed by atoms with Gasteiger partial charge in [0.2, 0.25) is 26.0 Å². The van der Waals surface area contributed by atoms with Crippen LogP contribution in [0.3, 0.4) is 0 Å². The molecule has 1 aliphatic heterocycles. The van der Waals surface area contributed by atoms with E-state index in [-0.39, 0.29) is 22.2 Å². The van der Waals surface area contributed by atoms with Gasteiger partial charge in [-0.25, -0.2) is 22.0 Å². The molecule has 1 aliphatic rings. The fourth-order valence-electron chi connectivity index (χ4n) is 3.21. The van der Waals surface area contributed by atoms with Crippen LogP contribution in [0, 0.1) is 12.8 Å². The van der Waals surface area contributed by atoms with Gasteiger partial charge in [-0.1, -0.05) is 17.7 Å². The highest BCUT2D eigenvalue weighted by atomic mass is 32.2. The summed E-state index contributed by atoms with van der Waals surface area (Å²) in [5.41, 5.74) is 1.38. The number of benzene rings is 2. The van der Waals surface area contributed by atoms with Crippen LogP contribution in [0.15, 0.2) is 58.3 Å². The summed E-state index contributed by atoms with van der Waals surface area (Å²) in [5.74, 6) is -0.806. The number of aryl methyl sites for hydroxylation is 1. The number of nitrogens with one attached hydrogen (secondary N) is 1. The smallest absolute Gasteiger partial charge is 0.243 e. The third-order valence-corrected chi connectivity index (χ3v) is 7.67. The predicted octanol–water partition coefficient (Wildman–Crippen LogP) is 1.68. The van der Waals surface area contributed by atoms with Crippen molar-refractivity contribution in [3.05, 3.63) is 54.1 Å². The van der Waals surface area contributed by atoms with Gasteiger partial charge in [-0.2, -0.15) is 4.31 Å². The molecule has 1 amide bonds. The highest BCUT2D eigenvalue weighted by molar-refractivity contribution is 7.89. The molecule has 156 valence electrons. The number of amides is 1. The van der Waals surface area contributed by atoms with Crippen molar-refractivity contribution >= 4 is 31.6 Å². The minimum Gasteiger partial charge on any atom is -0.326 e. The van der Waals surface area contributed by atoms with Crippen molar-refractivity contribution < 1.29 is 21.6 Å². The van der Waals surface area contributed by atoms with Crippen LogP contribution in [-0.2, 0) is 24.8 Å². The number of carbonyl (C=O) groups is 1. The molecule has 8 nitrogen and oxygen atoms in total. The summed E-state index contributed by atoms with van der Waals surface area (Å²) in [4.78, 5) is 12.8. The topological polar surface area (TPSA) is 127 Å². The maximum Gasteiger partial charge on any atom is 0.243 e. The summed E-state index contributed by atoms with van der Waals surface area (Å²) in [6, 6.07) is 12.1. The van der Waals surface area contributed by atoms with Crippen molar-refractivity contribution in [2.24, 2.45) is 11.1 Å². The lowest BCUT2D eigenvalue weighted by Gasteiger charge is -2.31. The van der Waals surface area contributed by atoms with Gasteiger partial charge in [0.05, 0.1) is 15.7 Å². The average molecular weight is 438 g/mol. The molecule has 0 radical (unpaired) electrons. The van der Waals surface area contributed by atoms with Gasteiger partial charge >= 0.3 is 0 Å². The van der Waals surface area contributed by atoms with E-state index >= 15 is 0 Å². The molecule has 1 atom stereocenters. The Kier molecular flexibility index (Phi) is 6.08. The van der Waals surface area contributed by atoms with Gasteiger partial charge in [0, 0.05) is 18.8 Å². The van der Waals surface area contributed by atoms with Crippen molar-refractivity contribution in [2.45, 2.75) is 29.6 Å². The van der Waals surface area contributed by atoms with E-state index < -0.39 is 26.0 Å². The Morgan fingerprint density at radius 3 is 2.17 bits per heavy atom. The van der Waals surface area contributed by atoms with Gasteiger partial charge in [-0.3, -0.25) is 4.79 Å². The third-order valence-electron chi connectivity index (χ3n) is 4.86. The van der Waals surface area contributed by atoms with Gasteiger partial charge in [0.1, 0.15) is 0 Å². The van der Waals surface area contributed by atoms with Crippen LogP contribution in [0.2, 0.25) is 0 Å². The second-order valence-electron chi connectivity index (χ2n) is 7.07. The second kappa shape index (κ2) is 8.23.